The van der Waals surface area contributed by atoms with Gasteiger partial charge in [-0.2, -0.15) is 0 Å². The molecule has 1 fully saturated rings. The zero-order valence-corrected chi connectivity index (χ0v) is 22.0. The van der Waals surface area contributed by atoms with Gasteiger partial charge >= 0.3 is 0 Å². The smallest absolute Gasteiger partial charge is 0.252 e. The van der Waals surface area contributed by atoms with Crippen LogP contribution in [0.2, 0.25) is 5.02 Å². The molecule has 1 unspecified atom stereocenters. The van der Waals surface area contributed by atoms with Crippen LogP contribution in [0.3, 0.4) is 0 Å². The van der Waals surface area contributed by atoms with Crippen molar-refractivity contribution in [2.45, 2.75) is 44.9 Å². The zero-order chi connectivity index (χ0) is 25.7. The van der Waals surface area contributed by atoms with Gasteiger partial charge in [0, 0.05) is 27.7 Å². The summed E-state index contributed by atoms with van der Waals surface area (Å²) in [7, 11) is 1.66. The molecule has 0 spiro atoms. The average molecular weight is 527 g/mol. The van der Waals surface area contributed by atoms with E-state index in [1.165, 1.54) is 0 Å². The van der Waals surface area contributed by atoms with Gasteiger partial charge in [0.15, 0.2) is 0 Å². The number of aliphatic hydroxyl groups is 1. The lowest BCUT2D eigenvalue weighted by atomic mass is 10.0. The zero-order valence-electron chi connectivity index (χ0n) is 20.4. The Morgan fingerprint density at radius 1 is 1.17 bits per heavy atom. The quantitative estimate of drug-likeness (QED) is 0.412. The third-order valence-electron chi connectivity index (χ3n) is 6.62. The van der Waals surface area contributed by atoms with Gasteiger partial charge in [0.2, 0.25) is 5.91 Å². The second-order valence-corrected chi connectivity index (χ2v) is 10.7. The van der Waals surface area contributed by atoms with Crippen molar-refractivity contribution in [1.29, 1.82) is 0 Å². The number of carbonyl (C=O) groups is 2. The topological polar surface area (TPSA) is 78.9 Å². The predicted octanol–water partition coefficient (Wildman–Crippen LogP) is 4.98. The van der Waals surface area contributed by atoms with Gasteiger partial charge in [-0.1, -0.05) is 48.9 Å². The Hall–Kier alpha value is -2.87. The summed E-state index contributed by atoms with van der Waals surface area (Å²) in [5, 5.41) is 14.2. The van der Waals surface area contributed by atoms with Crippen molar-refractivity contribution in [3.63, 3.8) is 0 Å². The van der Waals surface area contributed by atoms with Crippen molar-refractivity contribution in [2.75, 3.05) is 13.7 Å². The standard InChI is InChI=1S/C28H31ClN2O4S/c1-18(26(32)28(34)31-14-6-10-24(31)19-8-5-9-21(29)15-19)27(33)30-17-23-13-12-22(36-23)16-20-7-3-4-11-25(20)35-2/h3-5,7-9,11-13,15,18,24,26,32H,6,10,14,16-17H2,1-2H3,(H,30,33)/t18-,24-,26?/m1/s1. The minimum atomic E-state index is -1.41. The summed E-state index contributed by atoms with van der Waals surface area (Å²) >= 11 is 7.75. The highest BCUT2D eigenvalue weighted by atomic mass is 35.5. The van der Waals surface area contributed by atoms with Gasteiger partial charge in [-0.15, -0.1) is 11.3 Å². The first kappa shape index (κ1) is 26.2. The first-order valence-electron chi connectivity index (χ1n) is 12.1. The molecule has 0 aliphatic carbocycles. The number of carbonyl (C=O) groups excluding carboxylic acids is 2. The van der Waals surface area contributed by atoms with Crippen molar-refractivity contribution >= 4 is 34.8 Å². The minimum absolute atomic E-state index is 0.145. The van der Waals surface area contributed by atoms with Crippen LogP contribution in [0.25, 0.3) is 0 Å². The molecule has 3 atom stereocenters. The molecule has 2 heterocycles. The van der Waals surface area contributed by atoms with Gasteiger partial charge in [-0.05, 0) is 54.3 Å². The van der Waals surface area contributed by atoms with Crippen LogP contribution < -0.4 is 10.1 Å². The fourth-order valence-corrected chi connectivity index (χ4v) is 5.78. The van der Waals surface area contributed by atoms with Crippen LogP contribution in [0.15, 0.2) is 60.7 Å². The number of rotatable bonds is 9. The Bertz CT molecular complexity index is 1210. The molecule has 36 heavy (non-hydrogen) atoms. The molecule has 8 heteroatoms. The minimum Gasteiger partial charge on any atom is -0.496 e. The van der Waals surface area contributed by atoms with Gasteiger partial charge in [0.05, 0.1) is 25.6 Å². The molecule has 1 saturated heterocycles. The summed E-state index contributed by atoms with van der Waals surface area (Å²) in [4.78, 5) is 29.7. The largest absolute Gasteiger partial charge is 0.496 e. The molecule has 2 N–H and O–H groups in total. The average Bonchev–Trinajstić information content (AvgIpc) is 3.56. The molecular formula is C28H31ClN2O4S. The molecule has 1 aliphatic heterocycles. The fourth-order valence-electron chi connectivity index (χ4n) is 4.60. The van der Waals surface area contributed by atoms with Crippen LogP contribution in [-0.4, -0.2) is 41.6 Å². The lowest BCUT2D eigenvalue weighted by molar-refractivity contribution is -0.148. The highest BCUT2D eigenvalue weighted by molar-refractivity contribution is 7.12. The van der Waals surface area contributed by atoms with E-state index in [0.717, 1.165) is 45.9 Å². The summed E-state index contributed by atoms with van der Waals surface area (Å²) in [6.07, 6.45) is 0.977. The molecule has 1 aliphatic rings. The number of likely N-dealkylation sites (tertiary alicyclic amines) is 1. The first-order chi connectivity index (χ1) is 17.4. The Kier molecular flexibility index (Phi) is 8.67. The predicted molar refractivity (Wildman–Crippen MR) is 142 cm³/mol. The van der Waals surface area contributed by atoms with E-state index < -0.39 is 17.9 Å². The number of hydrogen-bond donors (Lipinski definition) is 2. The summed E-state index contributed by atoms with van der Waals surface area (Å²) in [6.45, 7) is 2.48. The van der Waals surface area contributed by atoms with E-state index in [1.54, 1.807) is 36.3 Å². The number of aliphatic hydroxyl groups excluding tert-OH is 1. The van der Waals surface area contributed by atoms with Crippen molar-refractivity contribution < 1.29 is 19.4 Å². The number of para-hydroxylation sites is 1. The Morgan fingerprint density at radius 3 is 2.72 bits per heavy atom. The highest BCUT2D eigenvalue weighted by Gasteiger charge is 2.37. The van der Waals surface area contributed by atoms with Crippen LogP contribution in [0.5, 0.6) is 5.75 Å². The summed E-state index contributed by atoms with van der Waals surface area (Å²) in [5.41, 5.74) is 2.05. The third-order valence-corrected chi connectivity index (χ3v) is 7.94. The molecule has 6 nitrogen and oxygen atoms in total. The molecule has 4 rings (SSSR count). The molecule has 0 radical (unpaired) electrons. The molecule has 1 aromatic heterocycles. The maximum absolute atomic E-state index is 13.1. The molecule has 0 bridgehead atoms. The number of halogens is 1. The van der Waals surface area contributed by atoms with E-state index in [2.05, 4.69) is 5.32 Å². The second-order valence-electron chi connectivity index (χ2n) is 9.05. The molecule has 190 valence electrons. The Labute approximate surface area is 220 Å². The molecule has 3 aromatic rings. The number of methoxy groups -OCH3 is 1. The van der Waals surface area contributed by atoms with Crippen molar-refractivity contribution in [2.24, 2.45) is 5.92 Å². The van der Waals surface area contributed by atoms with E-state index in [0.29, 0.717) is 18.1 Å². The number of ether oxygens (including phenoxy) is 1. The van der Waals surface area contributed by atoms with Crippen molar-refractivity contribution in [3.8, 4) is 5.75 Å². The lowest BCUT2D eigenvalue weighted by Crippen LogP contribution is -2.46. The fraction of sp³-hybridized carbons (Fsp3) is 0.357. The Morgan fingerprint density at radius 2 is 1.94 bits per heavy atom. The van der Waals surface area contributed by atoms with Crippen LogP contribution in [0.4, 0.5) is 0 Å². The van der Waals surface area contributed by atoms with E-state index in [-0.39, 0.29) is 11.9 Å². The summed E-state index contributed by atoms with van der Waals surface area (Å²) in [6, 6.07) is 19.2. The molecule has 2 aromatic carbocycles. The summed E-state index contributed by atoms with van der Waals surface area (Å²) in [5.74, 6) is -0.792. The number of nitrogens with one attached hydrogen (secondary N) is 1. The maximum Gasteiger partial charge on any atom is 0.252 e. The van der Waals surface area contributed by atoms with Gasteiger partial charge in [0.25, 0.3) is 5.91 Å². The van der Waals surface area contributed by atoms with Crippen LogP contribution in [0.1, 0.15) is 46.7 Å². The Balaban J connectivity index is 1.32. The highest BCUT2D eigenvalue weighted by Crippen LogP contribution is 2.34. The van der Waals surface area contributed by atoms with E-state index in [4.69, 9.17) is 16.3 Å². The lowest BCUT2D eigenvalue weighted by Gasteiger charge is -2.29. The third kappa shape index (κ3) is 6.09. The van der Waals surface area contributed by atoms with E-state index in [1.807, 2.05) is 54.6 Å². The normalized spacial score (nSPS) is 17.0. The number of thiophene rings is 1. The van der Waals surface area contributed by atoms with Crippen molar-refractivity contribution in [1.82, 2.24) is 10.2 Å². The first-order valence-corrected chi connectivity index (χ1v) is 13.3. The number of benzene rings is 2. The number of hydrogen-bond acceptors (Lipinski definition) is 5. The van der Waals surface area contributed by atoms with E-state index >= 15 is 0 Å². The molecular weight excluding hydrogens is 496 g/mol. The van der Waals surface area contributed by atoms with Gasteiger partial charge in [-0.25, -0.2) is 0 Å². The molecule has 0 saturated carbocycles. The van der Waals surface area contributed by atoms with E-state index in [9.17, 15) is 14.7 Å². The maximum atomic E-state index is 13.1. The SMILES string of the molecule is COc1ccccc1Cc1ccc(CNC(=O)[C@H](C)C(O)C(=O)N2CCC[C@@H]2c2cccc(Cl)c2)s1. The second kappa shape index (κ2) is 11.9. The van der Waals surface area contributed by atoms with Gasteiger partial charge in [-0.3, -0.25) is 9.59 Å². The van der Waals surface area contributed by atoms with Crippen LogP contribution >= 0.6 is 22.9 Å². The van der Waals surface area contributed by atoms with Crippen molar-refractivity contribution in [3.05, 3.63) is 86.6 Å². The van der Waals surface area contributed by atoms with Gasteiger partial charge in [0.1, 0.15) is 11.9 Å². The van der Waals surface area contributed by atoms with Gasteiger partial charge < -0.3 is 20.1 Å². The number of nitrogens with zero attached hydrogens (tertiary/aromatic N) is 1. The number of amides is 2. The molecule has 2 amide bonds. The monoisotopic (exact) mass is 526 g/mol. The van der Waals surface area contributed by atoms with Crippen LogP contribution in [0, 0.1) is 5.92 Å². The summed E-state index contributed by atoms with van der Waals surface area (Å²) < 4.78 is 5.43. The van der Waals surface area contributed by atoms with Crippen LogP contribution in [-0.2, 0) is 22.6 Å².